The maximum atomic E-state index is 11.7. The van der Waals surface area contributed by atoms with Gasteiger partial charge < -0.3 is 15.2 Å². The van der Waals surface area contributed by atoms with Gasteiger partial charge in [-0.3, -0.25) is 0 Å². The molecule has 100 valence electrons. The van der Waals surface area contributed by atoms with Gasteiger partial charge in [0.1, 0.15) is 11.3 Å². The molecule has 19 heavy (non-hydrogen) atoms. The topological polar surface area (TPSA) is 61.5 Å². The van der Waals surface area contributed by atoms with Crippen molar-refractivity contribution in [3.8, 4) is 5.75 Å². The molecule has 0 fully saturated rings. The lowest BCUT2D eigenvalue weighted by Crippen LogP contribution is -2.10. The Bertz CT molecular complexity index is 552. The lowest BCUT2D eigenvalue weighted by atomic mass is 10.1. The largest absolute Gasteiger partial charge is 0.492 e. The van der Waals surface area contributed by atoms with E-state index in [0.29, 0.717) is 18.0 Å². The van der Waals surface area contributed by atoms with Crippen molar-refractivity contribution in [3.05, 3.63) is 46.2 Å². The summed E-state index contributed by atoms with van der Waals surface area (Å²) in [5.41, 5.74) is 7.65. The van der Waals surface area contributed by atoms with Crippen LogP contribution in [0.3, 0.4) is 0 Å². The second kappa shape index (κ2) is 6.24. The highest BCUT2D eigenvalue weighted by Gasteiger charge is 2.16. The summed E-state index contributed by atoms with van der Waals surface area (Å²) >= 11 is 1.65. The van der Waals surface area contributed by atoms with Gasteiger partial charge in [0.15, 0.2) is 0 Å². The van der Waals surface area contributed by atoms with E-state index in [1.54, 1.807) is 29.5 Å². The Kier molecular flexibility index (Phi) is 4.41. The van der Waals surface area contributed by atoms with Gasteiger partial charge in [-0.2, -0.15) is 11.3 Å². The number of rotatable bonds is 5. The standard InChI is InChI=1S/C14H15NO3S/c1-17-14(16)13-11(15)3-2-4-12(13)18-7-5-10-6-8-19-9-10/h2-4,6,8-9H,5,7,15H2,1H3. The maximum Gasteiger partial charge on any atom is 0.343 e. The normalized spacial score (nSPS) is 10.2. The molecule has 2 rings (SSSR count). The van der Waals surface area contributed by atoms with E-state index in [9.17, 15) is 4.79 Å². The Morgan fingerprint density at radius 3 is 2.89 bits per heavy atom. The third-order valence-electron chi connectivity index (χ3n) is 2.68. The first-order valence-corrected chi connectivity index (χ1v) is 6.77. The minimum Gasteiger partial charge on any atom is -0.492 e. The zero-order chi connectivity index (χ0) is 13.7. The molecular formula is C14H15NO3S. The molecule has 2 aromatic rings. The van der Waals surface area contributed by atoms with Crippen LogP contribution < -0.4 is 10.5 Å². The number of anilines is 1. The average Bonchev–Trinajstić information content (AvgIpc) is 2.91. The van der Waals surface area contributed by atoms with Crippen LogP contribution in [0.2, 0.25) is 0 Å². The monoisotopic (exact) mass is 277 g/mol. The number of thiophene rings is 1. The van der Waals surface area contributed by atoms with Crippen LogP contribution in [0, 0.1) is 0 Å². The molecule has 0 saturated heterocycles. The average molecular weight is 277 g/mol. The van der Waals surface area contributed by atoms with Crippen molar-refractivity contribution >= 4 is 23.0 Å². The van der Waals surface area contributed by atoms with Crippen molar-refractivity contribution in [2.24, 2.45) is 0 Å². The zero-order valence-corrected chi connectivity index (χ0v) is 11.4. The first-order chi connectivity index (χ1) is 9.22. The summed E-state index contributed by atoms with van der Waals surface area (Å²) in [6, 6.07) is 7.17. The number of esters is 1. The minimum atomic E-state index is -0.483. The van der Waals surface area contributed by atoms with Crippen molar-refractivity contribution in [2.45, 2.75) is 6.42 Å². The van der Waals surface area contributed by atoms with Gasteiger partial charge in [0.25, 0.3) is 0 Å². The number of hydrogen-bond donors (Lipinski definition) is 1. The first kappa shape index (κ1) is 13.4. The molecule has 1 aromatic carbocycles. The molecule has 0 spiro atoms. The number of ether oxygens (including phenoxy) is 2. The van der Waals surface area contributed by atoms with Gasteiger partial charge in [-0.15, -0.1) is 0 Å². The SMILES string of the molecule is COC(=O)c1c(N)cccc1OCCc1ccsc1. The molecule has 0 aliphatic rings. The van der Waals surface area contributed by atoms with E-state index in [1.165, 1.54) is 12.7 Å². The highest BCUT2D eigenvalue weighted by atomic mass is 32.1. The Balaban J connectivity index is 2.07. The second-order valence-electron chi connectivity index (χ2n) is 3.94. The van der Waals surface area contributed by atoms with Gasteiger partial charge in [0.05, 0.1) is 13.7 Å². The van der Waals surface area contributed by atoms with E-state index < -0.39 is 5.97 Å². The van der Waals surface area contributed by atoms with Crippen molar-refractivity contribution in [2.75, 3.05) is 19.5 Å². The molecule has 0 amide bonds. The summed E-state index contributed by atoms with van der Waals surface area (Å²) in [6.07, 6.45) is 0.791. The summed E-state index contributed by atoms with van der Waals surface area (Å²) in [5.74, 6) is -0.0225. The van der Waals surface area contributed by atoms with Crippen LogP contribution in [-0.4, -0.2) is 19.7 Å². The number of benzene rings is 1. The molecule has 0 saturated carbocycles. The molecule has 4 nitrogen and oxygen atoms in total. The third-order valence-corrected chi connectivity index (χ3v) is 3.41. The van der Waals surface area contributed by atoms with Crippen molar-refractivity contribution in [3.63, 3.8) is 0 Å². The fourth-order valence-corrected chi connectivity index (χ4v) is 2.41. The fraction of sp³-hybridized carbons (Fsp3) is 0.214. The molecule has 0 unspecified atom stereocenters. The van der Waals surface area contributed by atoms with Gasteiger partial charge in [-0.25, -0.2) is 4.79 Å². The molecule has 2 N–H and O–H groups in total. The molecule has 0 aliphatic heterocycles. The Morgan fingerprint density at radius 2 is 2.21 bits per heavy atom. The summed E-state index contributed by atoms with van der Waals surface area (Å²) in [5, 5.41) is 4.10. The smallest absolute Gasteiger partial charge is 0.343 e. The maximum absolute atomic E-state index is 11.7. The zero-order valence-electron chi connectivity index (χ0n) is 10.6. The van der Waals surface area contributed by atoms with Gasteiger partial charge in [0, 0.05) is 12.1 Å². The molecule has 0 bridgehead atoms. The lowest BCUT2D eigenvalue weighted by molar-refractivity contribution is 0.0597. The number of hydrogen-bond acceptors (Lipinski definition) is 5. The molecule has 5 heteroatoms. The number of nitrogen functional groups attached to an aromatic ring is 1. The summed E-state index contributed by atoms with van der Waals surface area (Å²) < 4.78 is 10.4. The Morgan fingerprint density at radius 1 is 1.37 bits per heavy atom. The number of carbonyl (C=O) groups is 1. The third kappa shape index (κ3) is 3.26. The highest BCUT2D eigenvalue weighted by molar-refractivity contribution is 7.07. The van der Waals surface area contributed by atoms with E-state index in [0.717, 1.165) is 6.42 Å². The van der Waals surface area contributed by atoms with Gasteiger partial charge >= 0.3 is 5.97 Å². The predicted molar refractivity (Wildman–Crippen MR) is 75.7 cm³/mol. The van der Waals surface area contributed by atoms with Crippen LogP contribution >= 0.6 is 11.3 Å². The molecule has 1 aromatic heterocycles. The van der Waals surface area contributed by atoms with E-state index in [4.69, 9.17) is 15.2 Å². The Labute approximate surface area is 115 Å². The van der Waals surface area contributed by atoms with Crippen molar-refractivity contribution in [1.82, 2.24) is 0 Å². The fourth-order valence-electron chi connectivity index (χ4n) is 1.70. The first-order valence-electron chi connectivity index (χ1n) is 5.83. The van der Waals surface area contributed by atoms with Crippen LogP contribution in [0.4, 0.5) is 5.69 Å². The van der Waals surface area contributed by atoms with Crippen molar-refractivity contribution < 1.29 is 14.3 Å². The van der Waals surface area contributed by atoms with Crippen LogP contribution in [0.15, 0.2) is 35.0 Å². The number of methoxy groups -OCH3 is 1. The van der Waals surface area contributed by atoms with Crippen LogP contribution in [0.1, 0.15) is 15.9 Å². The molecule has 0 atom stereocenters. The summed E-state index contributed by atoms with van der Waals surface area (Å²) in [4.78, 5) is 11.7. The predicted octanol–water partition coefficient (Wildman–Crippen LogP) is 2.74. The quantitative estimate of drug-likeness (QED) is 0.674. The van der Waals surface area contributed by atoms with E-state index in [1.807, 2.05) is 5.38 Å². The summed E-state index contributed by atoms with van der Waals surface area (Å²) in [7, 11) is 1.32. The van der Waals surface area contributed by atoms with Gasteiger partial charge in [-0.05, 0) is 34.5 Å². The van der Waals surface area contributed by atoms with Gasteiger partial charge in [0.2, 0.25) is 0 Å². The van der Waals surface area contributed by atoms with E-state index >= 15 is 0 Å². The van der Waals surface area contributed by atoms with Crippen LogP contribution in [0.25, 0.3) is 0 Å². The van der Waals surface area contributed by atoms with E-state index in [2.05, 4.69) is 11.4 Å². The van der Waals surface area contributed by atoms with Crippen molar-refractivity contribution in [1.29, 1.82) is 0 Å². The molecular weight excluding hydrogens is 262 g/mol. The minimum absolute atomic E-state index is 0.287. The Hall–Kier alpha value is -2.01. The van der Waals surface area contributed by atoms with Crippen LogP contribution in [-0.2, 0) is 11.2 Å². The number of nitrogens with two attached hydrogens (primary N) is 1. The second-order valence-corrected chi connectivity index (χ2v) is 4.72. The molecule has 1 heterocycles. The van der Waals surface area contributed by atoms with Crippen LogP contribution in [0.5, 0.6) is 5.75 Å². The molecule has 0 aliphatic carbocycles. The summed E-state index contributed by atoms with van der Waals surface area (Å²) in [6.45, 7) is 0.490. The highest BCUT2D eigenvalue weighted by Crippen LogP contribution is 2.25. The lowest BCUT2D eigenvalue weighted by Gasteiger charge is -2.11. The number of carbonyl (C=O) groups excluding carboxylic acids is 1. The van der Waals surface area contributed by atoms with Gasteiger partial charge in [-0.1, -0.05) is 6.07 Å². The molecule has 0 radical (unpaired) electrons. The van der Waals surface area contributed by atoms with E-state index in [-0.39, 0.29) is 5.56 Å².